The van der Waals surface area contributed by atoms with Crippen LogP contribution >= 0.6 is 23.2 Å². The Kier molecular flexibility index (Phi) is 3.75. The van der Waals surface area contributed by atoms with Gasteiger partial charge in [-0.1, -0.05) is 23.2 Å². The molecule has 1 unspecified atom stereocenters. The van der Waals surface area contributed by atoms with E-state index in [-0.39, 0.29) is 12.1 Å². The summed E-state index contributed by atoms with van der Waals surface area (Å²) in [6.07, 6.45) is 1.67. The molecule has 88 valence electrons. The van der Waals surface area contributed by atoms with Gasteiger partial charge in [0.25, 0.3) is 0 Å². The quantitative estimate of drug-likeness (QED) is 0.875. The van der Waals surface area contributed by atoms with Crippen molar-refractivity contribution in [2.24, 2.45) is 0 Å². The second-order valence-corrected chi connectivity index (χ2v) is 5.15. The smallest absolute Gasteiger partial charge is 0.0636 e. The van der Waals surface area contributed by atoms with E-state index in [0.29, 0.717) is 11.6 Å². The Morgan fingerprint density at radius 2 is 2.25 bits per heavy atom. The highest BCUT2D eigenvalue weighted by molar-refractivity contribution is 6.35. The van der Waals surface area contributed by atoms with Crippen molar-refractivity contribution in [1.29, 1.82) is 0 Å². The molecule has 0 bridgehead atoms. The van der Waals surface area contributed by atoms with Gasteiger partial charge in [-0.3, -0.25) is 0 Å². The van der Waals surface area contributed by atoms with E-state index in [2.05, 4.69) is 5.32 Å². The summed E-state index contributed by atoms with van der Waals surface area (Å²) in [4.78, 5) is 0. The first-order valence-electron chi connectivity index (χ1n) is 5.47. The van der Waals surface area contributed by atoms with Crippen LogP contribution in [-0.4, -0.2) is 17.8 Å². The lowest BCUT2D eigenvalue weighted by atomic mass is 10.1. The monoisotopic (exact) mass is 259 g/mol. The van der Waals surface area contributed by atoms with Gasteiger partial charge in [0, 0.05) is 22.6 Å². The lowest BCUT2D eigenvalue weighted by Gasteiger charge is -2.16. The van der Waals surface area contributed by atoms with Crippen molar-refractivity contribution >= 4 is 23.2 Å². The summed E-state index contributed by atoms with van der Waals surface area (Å²) < 4.78 is 0. The van der Waals surface area contributed by atoms with Crippen molar-refractivity contribution < 1.29 is 5.11 Å². The number of rotatable bonds is 3. The van der Waals surface area contributed by atoms with E-state index in [0.717, 1.165) is 23.4 Å². The van der Waals surface area contributed by atoms with Crippen LogP contribution in [0.15, 0.2) is 12.1 Å². The predicted octanol–water partition coefficient (Wildman–Crippen LogP) is 2.95. The summed E-state index contributed by atoms with van der Waals surface area (Å²) in [7, 11) is 0. The summed E-state index contributed by atoms with van der Waals surface area (Å²) in [5.74, 6) is 0. The van der Waals surface area contributed by atoms with E-state index < -0.39 is 0 Å². The molecule has 0 spiro atoms. The third kappa shape index (κ3) is 2.51. The van der Waals surface area contributed by atoms with Crippen molar-refractivity contribution in [3.8, 4) is 0 Å². The average Bonchev–Trinajstić information content (AvgIpc) is 2.57. The van der Waals surface area contributed by atoms with Gasteiger partial charge in [-0.05, 0) is 43.0 Å². The van der Waals surface area contributed by atoms with Crippen molar-refractivity contribution in [1.82, 2.24) is 5.32 Å². The van der Waals surface area contributed by atoms with Crippen LogP contribution in [0, 0.1) is 0 Å². The van der Waals surface area contributed by atoms with Crippen molar-refractivity contribution in [2.75, 3.05) is 6.54 Å². The van der Waals surface area contributed by atoms with Gasteiger partial charge >= 0.3 is 0 Å². The average molecular weight is 260 g/mol. The van der Waals surface area contributed by atoms with Crippen LogP contribution in [0.25, 0.3) is 0 Å². The molecule has 4 heteroatoms. The minimum Gasteiger partial charge on any atom is -0.392 e. The number of benzene rings is 1. The van der Waals surface area contributed by atoms with Gasteiger partial charge in [0.2, 0.25) is 0 Å². The standard InChI is InChI=1S/C12H15Cl2NO/c1-7(16)6-15-11-3-2-8-4-9(13)5-10(14)12(8)11/h4-5,7,11,15-16H,2-3,6H2,1H3/t7-,11?/m1/s1. The van der Waals surface area contributed by atoms with Crippen LogP contribution in [-0.2, 0) is 6.42 Å². The van der Waals surface area contributed by atoms with Crippen molar-refractivity contribution in [2.45, 2.75) is 31.9 Å². The molecular weight excluding hydrogens is 245 g/mol. The highest BCUT2D eigenvalue weighted by Gasteiger charge is 2.25. The number of hydrogen-bond donors (Lipinski definition) is 2. The molecule has 16 heavy (non-hydrogen) atoms. The van der Waals surface area contributed by atoms with Gasteiger partial charge in [-0.15, -0.1) is 0 Å². The molecule has 0 amide bonds. The Bertz CT molecular complexity index is 393. The largest absolute Gasteiger partial charge is 0.392 e. The zero-order valence-corrected chi connectivity index (χ0v) is 10.6. The predicted molar refractivity (Wildman–Crippen MR) is 67.2 cm³/mol. The molecule has 0 heterocycles. The Labute approximate surface area is 106 Å². The Balaban J connectivity index is 2.19. The summed E-state index contributed by atoms with van der Waals surface area (Å²) in [5, 5.41) is 14.0. The van der Waals surface area contributed by atoms with E-state index in [9.17, 15) is 5.11 Å². The van der Waals surface area contributed by atoms with Gasteiger partial charge < -0.3 is 10.4 Å². The first kappa shape index (κ1) is 12.2. The molecule has 2 N–H and O–H groups in total. The number of fused-ring (bicyclic) bond motifs is 1. The van der Waals surface area contributed by atoms with E-state index in [1.54, 1.807) is 13.0 Å². The Hall–Kier alpha value is -0.280. The number of hydrogen-bond acceptors (Lipinski definition) is 2. The first-order valence-corrected chi connectivity index (χ1v) is 6.23. The molecule has 0 radical (unpaired) electrons. The normalized spacial score (nSPS) is 20.9. The lowest BCUT2D eigenvalue weighted by Crippen LogP contribution is -2.27. The summed E-state index contributed by atoms with van der Waals surface area (Å²) >= 11 is 12.2. The molecule has 1 aliphatic carbocycles. The molecule has 1 aliphatic rings. The molecular formula is C12H15Cl2NO. The molecule has 2 nitrogen and oxygen atoms in total. The Morgan fingerprint density at radius 1 is 1.50 bits per heavy atom. The summed E-state index contributed by atoms with van der Waals surface area (Å²) in [5.41, 5.74) is 2.37. The van der Waals surface area contributed by atoms with Crippen molar-refractivity contribution in [3.63, 3.8) is 0 Å². The molecule has 0 saturated carbocycles. The van der Waals surface area contributed by atoms with Gasteiger partial charge in [0.15, 0.2) is 0 Å². The zero-order chi connectivity index (χ0) is 11.7. The Morgan fingerprint density at radius 3 is 2.94 bits per heavy atom. The SMILES string of the molecule is C[C@@H](O)CNC1CCc2cc(Cl)cc(Cl)c21. The zero-order valence-electron chi connectivity index (χ0n) is 9.13. The summed E-state index contributed by atoms with van der Waals surface area (Å²) in [6.45, 7) is 2.36. The van der Waals surface area contributed by atoms with Crippen LogP contribution in [0.3, 0.4) is 0 Å². The number of aliphatic hydroxyl groups excluding tert-OH is 1. The van der Waals surface area contributed by atoms with Crippen LogP contribution in [0.5, 0.6) is 0 Å². The maximum Gasteiger partial charge on any atom is 0.0636 e. The first-order chi connectivity index (χ1) is 7.58. The van der Waals surface area contributed by atoms with Crippen LogP contribution in [0.4, 0.5) is 0 Å². The van der Waals surface area contributed by atoms with E-state index in [4.69, 9.17) is 23.2 Å². The topological polar surface area (TPSA) is 32.3 Å². The van der Waals surface area contributed by atoms with Gasteiger partial charge in [-0.2, -0.15) is 0 Å². The second kappa shape index (κ2) is 4.92. The van der Waals surface area contributed by atoms with Crippen LogP contribution < -0.4 is 5.32 Å². The molecule has 2 rings (SSSR count). The number of aryl methyl sites for hydroxylation is 1. The van der Waals surface area contributed by atoms with Crippen molar-refractivity contribution in [3.05, 3.63) is 33.3 Å². The minimum absolute atomic E-state index is 0.245. The molecule has 0 fully saturated rings. The van der Waals surface area contributed by atoms with E-state index >= 15 is 0 Å². The molecule has 0 aliphatic heterocycles. The molecule has 1 aromatic rings. The third-order valence-electron chi connectivity index (χ3n) is 2.89. The van der Waals surface area contributed by atoms with Crippen LogP contribution in [0.2, 0.25) is 10.0 Å². The molecule has 2 atom stereocenters. The van der Waals surface area contributed by atoms with Gasteiger partial charge in [0.1, 0.15) is 0 Å². The fourth-order valence-corrected chi connectivity index (χ4v) is 2.86. The number of halogens is 2. The maximum absolute atomic E-state index is 9.26. The molecule has 0 saturated heterocycles. The fraction of sp³-hybridized carbons (Fsp3) is 0.500. The minimum atomic E-state index is -0.338. The number of aliphatic hydroxyl groups is 1. The highest BCUT2D eigenvalue weighted by Crippen LogP contribution is 2.38. The maximum atomic E-state index is 9.26. The second-order valence-electron chi connectivity index (χ2n) is 4.31. The van der Waals surface area contributed by atoms with Crippen LogP contribution in [0.1, 0.15) is 30.5 Å². The third-order valence-corrected chi connectivity index (χ3v) is 3.42. The van der Waals surface area contributed by atoms with Gasteiger partial charge in [-0.25, -0.2) is 0 Å². The lowest BCUT2D eigenvalue weighted by molar-refractivity contribution is 0.186. The van der Waals surface area contributed by atoms with Gasteiger partial charge in [0.05, 0.1) is 6.10 Å². The van der Waals surface area contributed by atoms with E-state index in [1.807, 2.05) is 6.07 Å². The number of nitrogens with one attached hydrogen (secondary N) is 1. The molecule has 0 aromatic heterocycles. The fourth-order valence-electron chi connectivity index (χ4n) is 2.20. The molecule has 1 aromatic carbocycles. The van der Waals surface area contributed by atoms with E-state index in [1.165, 1.54) is 5.56 Å². The highest BCUT2D eigenvalue weighted by atomic mass is 35.5. The summed E-state index contributed by atoms with van der Waals surface area (Å²) in [6, 6.07) is 4.01.